The molecule has 0 aliphatic carbocycles. The highest BCUT2D eigenvalue weighted by Crippen LogP contribution is 2.38. The summed E-state index contributed by atoms with van der Waals surface area (Å²) in [4.78, 5) is 0. The van der Waals surface area contributed by atoms with Gasteiger partial charge in [-0.25, -0.2) is 0 Å². The van der Waals surface area contributed by atoms with Gasteiger partial charge >= 0.3 is 0 Å². The minimum absolute atomic E-state index is 0.0424. The summed E-state index contributed by atoms with van der Waals surface area (Å²) < 4.78 is 11.9. The van der Waals surface area contributed by atoms with Crippen molar-refractivity contribution in [2.24, 2.45) is 0 Å². The number of aromatic hydroxyl groups is 2. The molecule has 2 unspecified atom stereocenters. The van der Waals surface area contributed by atoms with Gasteiger partial charge < -0.3 is 19.7 Å². The number of hydrogen-bond acceptors (Lipinski definition) is 4. The molecule has 2 N–H and O–H groups in total. The molecule has 0 saturated carbocycles. The van der Waals surface area contributed by atoms with Crippen LogP contribution in [0.15, 0.2) is 84.9 Å². The minimum Gasteiger partial charge on any atom is -0.508 e. The van der Waals surface area contributed by atoms with Crippen molar-refractivity contribution in [1.29, 1.82) is 0 Å². The Hall–Kier alpha value is -3.34. The molecule has 2 aliphatic heterocycles. The Morgan fingerprint density at radius 3 is 1.44 bits per heavy atom. The second kappa shape index (κ2) is 10.7. The molecule has 2 heterocycles. The van der Waals surface area contributed by atoms with E-state index in [1.54, 1.807) is 24.3 Å². The van der Waals surface area contributed by atoms with Crippen LogP contribution in [0.4, 0.5) is 0 Å². The Kier molecular flexibility index (Phi) is 7.26. The molecule has 0 bridgehead atoms. The topological polar surface area (TPSA) is 58.9 Å². The van der Waals surface area contributed by atoms with Crippen molar-refractivity contribution >= 4 is 23.2 Å². The van der Waals surface area contributed by atoms with Crippen LogP contribution in [0.2, 0.25) is 10.0 Å². The number of phenolic OH excluding ortho intramolecular Hbond substituents is 2. The predicted octanol–water partition coefficient (Wildman–Crippen LogP) is 8.22. The molecule has 0 radical (unpaired) electrons. The molecule has 4 aromatic carbocycles. The maximum absolute atomic E-state index is 9.43. The van der Waals surface area contributed by atoms with Gasteiger partial charge in [0.25, 0.3) is 0 Å². The maximum Gasteiger partial charge on any atom is 0.124 e. The van der Waals surface area contributed by atoms with Crippen molar-refractivity contribution in [3.05, 3.63) is 117 Å². The standard InChI is InChI=1S/2C15H13ClO2/c2*16-12-3-1-2-10(8-12)14-6-4-11-9-13(17)5-7-15(11)18-14/h2*1-3,5,7-9,14,17H,4,6H2. The van der Waals surface area contributed by atoms with Crippen LogP contribution in [0.5, 0.6) is 23.0 Å². The van der Waals surface area contributed by atoms with E-state index < -0.39 is 0 Å². The summed E-state index contributed by atoms with van der Waals surface area (Å²) in [7, 11) is 0. The van der Waals surface area contributed by atoms with Crippen LogP contribution >= 0.6 is 23.2 Å². The fraction of sp³-hybridized carbons (Fsp3) is 0.200. The fourth-order valence-electron chi connectivity index (χ4n) is 4.63. The molecule has 0 amide bonds. The number of benzene rings is 4. The summed E-state index contributed by atoms with van der Waals surface area (Å²) in [5.74, 6) is 2.28. The minimum atomic E-state index is 0.0424. The highest BCUT2D eigenvalue weighted by molar-refractivity contribution is 6.30. The molecular weight excluding hydrogens is 495 g/mol. The average Bonchev–Trinajstić information content (AvgIpc) is 2.88. The molecule has 0 aromatic heterocycles. The summed E-state index contributed by atoms with van der Waals surface area (Å²) in [6, 6.07) is 26.0. The molecule has 184 valence electrons. The van der Waals surface area contributed by atoms with E-state index in [0.29, 0.717) is 11.5 Å². The zero-order valence-corrected chi connectivity index (χ0v) is 21.0. The average molecular weight is 521 g/mol. The van der Waals surface area contributed by atoms with Gasteiger partial charge in [0, 0.05) is 10.0 Å². The Balaban J connectivity index is 0.000000148. The Morgan fingerprint density at radius 2 is 1.03 bits per heavy atom. The van der Waals surface area contributed by atoms with Gasteiger partial charge in [-0.2, -0.15) is 0 Å². The van der Waals surface area contributed by atoms with Crippen LogP contribution in [0.3, 0.4) is 0 Å². The number of ether oxygens (including phenoxy) is 2. The zero-order valence-electron chi connectivity index (χ0n) is 19.5. The van der Waals surface area contributed by atoms with E-state index in [1.165, 1.54) is 0 Å². The lowest BCUT2D eigenvalue weighted by Gasteiger charge is -2.26. The summed E-state index contributed by atoms with van der Waals surface area (Å²) in [6.45, 7) is 0. The van der Waals surface area contributed by atoms with Crippen LogP contribution in [-0.2, 0) is 12.8 Å². The van der Waals surface area contributed by atoms with Gasteiger partial charge in [0.15, 0.2) is 0 Å². The Morgan fingerprint density at radius 1 is 0.583 bits per heavy atom. The first-order valence-electron chi connectivity index (χ1n) is 11.9. The number of aryl methyl sites for hydroxylation is 2. The highest BCUT2D eigenvalue weighted by Gasteiger charge is 2.22. The van der Waals surface area contributed by atoms with Crippen molar-refractivity contribution in [2.45, 2.75) is 37.9 Å². The third-order valence-corrected chi connectivity index (χ3v) is 6.89. The second-order valence-electron chi connectivity index (χ2n) is 8.98. The smallest absolute Gasteiger partial charge is 0.124 e. The summed E-state index contributed by atoms with van der Waals surface area (Å²) in [5, 5.41) is 20.3. The van der Waals surface area contributed by atoms with Crippen molar-refractivity contribution in [2.75, 3.05) is 0 Å². The quantitative estimate of drug-likeness (QED) is 0.279. The van der Waals surface area contributed by atoms with Crippen molar-refractivity contribution in [3.8, 4) is 23.0 Å². The summed E-state index contributed by atoms with van der Waals surface area (Å²) in [5.41, 5.74) is 4.32. The first kappa shape index (κ1) is 24.4. The zero-order chi connectivity index (χ0) is 25.1. The molecule has 4 aromatic rings. The van der Waals surface area contributed by atoms with E-state index in [0.717, 1.165) is 69.5 Å². The first-order chi connectivity index (χ1) is 17.4. The second-order valence-corrected chi connectivity index (χ2v) is 9.86. The molecule has 0 spiro atoms. The molecule has 6 heteroatoms. The molecule has 2 atom stereocenters. The van der Waals surface area contributed by atoms with E-state index in [4.69, 9.17) is 32.7 Å². The lowest BCUT2D eigenvalue weighted by molar-refractivity contribution is 0.176. The van der Waals surface area contributed by atoms with E-state index in [2.05, 4.69) is 0 Å². The van der Waals surface area contributed by atoms with Gasteiger partial charge in [-0.15, -0.1) is 0 Å². The van der Waals surface area contributed by atoms with Gasteiger partial charge in [0.2, 0.25) is 0 Å². The van der Waals surface area contributed by atoms with E-state index >= 15 is 0 Å². The van der Waals surface area contributed by atoms with Gasteiger partial charge in [0.05, 0.1) is 0 Å². The summed E-state index contributed by atoms with van der Waals surface area (Å²) >= 11 is 12.0. The maximum atomic E-state index is 9.43. The van der Waals surface area contributed by atoms with E-state index in [9.17, 15) is 10.2 Å². The van der Waals surface area contributed by atoms with Crippen LogP contribution < -0.4 is 9.47 Å². The molecular formula is C30H26Cl2O4. The molecule has 4 nitrogen and oxygen atoms in total. The van der Waals surface area contributed by atoms with Gasteiger partial charge in [0.1, 0.15) is 35.2 Å². The van der Waals surface area contributed by atoms with E-state index in [-0.39, 0.29) is 12.2 Å². The normalized spacial score (nSPS) is 17.9. The van der Waals surface area contributed by atoms with Crippen molar-refractivity contribution in [1.82, 2.24) is 0 Å². The largest absolute Gasteiger partial charge is 0.508 e. The third kappa shape index (κ3) is 5.72. The third-order valence-electron chi connectivity index (χ3n) is 6.42. The van der Waals surface area contributed by atoms with E-state index in [1.807, 2.05) is 60.7 Å². The molecule has 2 aliphatic rings. The summed E-state index contributed by atoms with van der Waals surface area (Å²) in [6.07, 6.45) is 3.69. The number of halogens is 2. The van der Waals surface area contributed by atoms with Gasteiger partial charge in [-0.05, 0) is 109 Å². The SMILES string of the molecule is Oc1ccc2c(c1)CCC(c1cccc(Cl)c1)O2.Oc1ccc2c(c1)CCC(c1cccc(Cl)c1)O2. The van der Waals surface area contributed by atoms with Gasteiger partial charge in [-0.3, -0.25) is 0 Å². The van der Waals surface area contributed by atoms with Crippen LogP contribution in [-0.4, -0.2) is 10.2 Å². The van der Waals surface area contributed by atoms with Crippen molar-refractivity contribution in [3.63, 3.8) is 0 Å². The van der Waals surface area contributed by atoms with Gasteiger partial charge in [-0.1, -0.05) is 47.5 Å². The number of hydrogen-bond donors (Lipinski definition) is 2. The molecule has 6 rings (SSSR count). The van der Waals surface area contributed by atoms with Crippen LogP contribution in [0.1, 0.15) is 47.3 Å². The monoisotopic (exact) mass is 520 g/mol. The fourth-order valence-corrected chi connectivity index (χ4v) is 5.03. The number of fused-ring (bicyclic) bond motifs is 2. The lowest BCUT2D eigenvalue weighted by atomic mass is 9.97. The number of phenols is 2. The van der Waals surface area contributed by atoms with Crippen molar-refractivity contribution < 1.29 is 19.7 Å². The Labute approximate surface area is 220 Å². The lowest BCUT2D eigenvalue weighted by Crippen LogP contribution is -2.14. The number of rotatable bonds is 2. The Bertz CT molecular complexity index is 1270. The highest BCUT2D eigenvalue weighted by atomic mass is 35.5. The molecule has 0 fully saturated rings. The molecule has 36 heavy (non-hydrogen) atoms. The first-order valence-corrected chi connectivity index (χ1v) is 12.7. The van der Waals surface area contributed by atoms with Crippen LogP contribution in [0.25, 0.3) is 0 Å². The van der Waals surface area contributed by atoms with Crippen LogP contribution in [0, 0.1) is 0 Å². The molecule has 0 saturated heterocycles. The predicted molar refractivity (Wildman–Crippen MR) is 142 cm³/mol.